The molecule has 0 unspecified atom stereocenters. The molecular weight excluding hydrogens is 575 g/mol. The van der Waals surface area contributed by atoms with E-state index in [1.807, 2.05) is 39.0 Å². The molecule has 0 saturated carbocycles. The summed E-state index contributed by atoms with van der Waals surface area (Å²) >= 11 is -1.65. The van der Waals surface area contributed by atoms with Crippen molar-refractivity contribution in [3.05, 3.63) is 53.7 Å². The van der Waals surface area contributed by atoms with Crippen LogP contribution in [0.4, 0.5) is 13.2 Å². The summed E-state index contributed by atoms with van der Waals surface area (Å²) in [5.41, 5.74) is 5.06. The predicted molar refractivity (Wildman–Crippen MR) is 111 cm³/mol. The summed E-state index contributed by atoms with van der Waals surface area (Å²) < 4.78 is 53.6. The average Bonchev–Trinajstić information content (AvgIpc) is 2.46. The zero-order chi connectivity index (χ0) is 19.8. The third kappa shape index (κ3) is 4.69. The Hall–Kier alpha value is -0.880. The topological polar surface area (TPSA) is 46.5 Å². The van der Waals surface area contributed by atoms with Gasteiger partial charge in [-0.2, -0.15) is 0 Å². The normalized spacial score (nSPS) is 12.1. The van der Waals surface area contributed by atoms with Gasteiger partial charge in [0.1, 0.15) is 0 Å². The molecule has 2 aromatic rings. The Morgan fingerprint density at radius 2 is 1.50 bits per heavy atom. The molecule has 142 valence electrons. The Morgan fingerprint density at radius 1 is 1.00 bits per heavy atom. The third-order valence-electron chi connectivity index (χ3n) is 3.66. The molecule has 3 nitrogen and oxygen atoms in total. The van der Waals surface area contributed by atoms with Crippen LogP contribution in [0.25, 0.3) is 11.1 Å². The number of alkyl halides is 3. The summed E-state index contributed by atoms with van der Waals surface area (Å²) in [5, 5.41) is 0. The molecule has 0 amide bonds. The summed E-state index contributed by atoms with van der Waals surface area (Å²) in [6.07, 6.45) is -5.13. The summed E-state index contributed by atoms with van der Waals surface area (Å²) in [6.45, 7) is 7.47. The van der Waals surface area contributed by atoms with Gasteiger partial charge in [0, 0.05) is 0 Å². The standard InChI is InChI=1S/C18H17F3I2O3/c1-9-5-11(3)15(13(22)7-9)16-12(4)6-10(2)8-14(16)23(25)26-17(24)18(19,20)21/h5-8,25H,1-4H3. The second-order valence-corrected chi connectivity index (χ2v) is 10.1. The molecule has 0 saturated heterocycles. The van der Waals surface area contributed by atoms with E-state index in [1.54, 1.807) is 13.0 Å². The Kier molecular flexibility index (Phi) is 6.60. The SMILES string of the molecule is Cc1cc(C)c(-c2c(C)cc(C)cc2I(O)OC(=O)C(F)(F)F)c(I)c1. The van der Waals surface area contributed by atoms with Gasteiger partial charge >= 0.3 is 172 Å². The van der Waals surface area contributed by atoms with Crippen molar-refractivity contribution in [2.24, 2.45) is 0 Å². The van der Waals surface area contributed by atoms with Crippen molar-refractivity contribution in [2.45, 2.75) is 33.9 Å². The Balaban J connectivity index is 2.64. The van der Waals surface area contributed by atoms with Gasteiger partial charge in [-0.05, 0) is 0 Å². The molecule has 8 heteroatoms. The first kappa shape index (κ1) is 21.4. The van der Waals surface area contributed by atoms with Gasteiger partial charge in [-0.1, -0.05) is 0 Å². The van der Waals surface area contributed by atoms with Crippen LogP contribution in [0.1, 0.15) is 22.3 Å². The molecule has 0 aliphatic heterocycles. The molecule has 0 atom stereocenters. The molecule has 0 spiro atoms. The molecule has 0 heterocycles. The van der Waals surface area contributed by atoms with E-state index < -0.39 is 32.8 Å². The van der Waals surface area contributed by atoms with Crippen LogP contribution in [0.3, 0.4) is 0 Å². The Morgan fingerprint density at radius 3 is 2.00 bits per heavy atom. The van der Waals surface area contributed by atoms with E-state index in [0.29, 0.717) is 5.56 Å². The van der Waals surface area contributed by atoms with Gasteiger partial charge in [-0.25, -0.2) is 0 Å². The predicted octanol–water partition coefficient (Wildman–Crippen LogP) is 5.80. The molecule has 0 fully saturated rings. The van der Waals surface area contributed by atoms with E-state index in [0.717, 1.165) is 31.4 Å². The number of halogens is 5. The number of benzene rings is 2. The van der Waals surface area contributed by atoms with Crippen LogP contribution in [0.15, 0.2) is 24.3 Å². The third-order valence-corrected chi connectivity index (χ3v) is 7.18. The zero-order valence-electron chi connectivity index (χ0n) is 14.5. The monoisotopic (exact) mass is 592 g/mol. The molecule has 26 heavy (non-hydrogen) atoms. The summed E-state index contributed by atoms with van der Waals surface area (Å²) in [7, 11) is 0. The minimum atomic E-state index is -5.13. The van der Waals surface area contributed by atoms with Crippen LogP contribution < -0.4 is 0 Å². The Labute approximate surface area is 171 Å². The van der Waals surface area contributed by atoms with E-state index >= 15 is 0 Å². The van der Waals surface area contributed by atoms with Gasteiger partial charge in [-0.3, -0.25) is 0 Å². The average molecular weight is 592 g/mol. The van der Waals surface area contributed by atoms with Crippen LogP contribution in [-0.2, 0) is 7.86 Å². The summed E-state index contributed by atoms with van der Waals surface area (Å²) in [4.78, 5) is 11.2. The molecule has 2 aromatic carbocycles. The van der Waals surface area contributed by atoms with Crippen LogP contribution in [0, 0.1) is 34.8 Å². The molecule has 0 radical (unpaired) electrons. The van der Waals surface area contributed by atoms with Gasteiger partial charge in [0.15, 0.2) is 0 Å². The summed E-state index contributed by atoms with van der Waals surface area (Å²) in [6, 6.07) is 7.43. The van der Waals surface area contributed by atoms with E-state index in [2.05, 4.69) is 25.7 Å². The van der Waals surface area contributed by atoms with Crippen molar-refractivity contribution in [1.29, 1.82) is 0 Å². The van der Waals surface area contributed by atoms with Crippen molar-refractivity contribution in [3.8, 4) is 11.1 Å². The van der Waals surface area contributed by atoms with Crippen molar-refractivity contribution in [1.82, 2.24) is 0 Å². The molecule has 2 rings (SSSR count). The first-order valence-corrected chi connectivity index (χ1v) is 11.5. The first-order chi connectivity index (χ1) is 11.9. The van der Waals surface area contributed by atoms with E-state index in [1.165, 1.54) is 0 Å². The molecule has 0 aliphatic rings. The summed E-state index contributed by atoms with van der Waals surface area (Å²) in [5.74, 6) is -2.36. The fraction of sp³-hybridized carbons (Fsp3) is 0.278. The van der Waals surface area contributed by atoms with Gasteiger partial charge in [0.05, 0.1) is 0 Å². The number of carbonyl (C=O) groups excluding carboxylic acids is 1. The molecule has 0 aliphatic carbocycles. The second-order valence-electron chi connectivity index (χ2n) is 5.97. The maximum atomic E-state index is 12.5. The quantitative estimate of drug-likeness (QED) is 0.459. The first-order valence-electron chi connectivity index (χ1n) is 7.49. The van der Waals surface area contributed by atoms with Gasteiger partial charge in [0.2, 0.25) is 0 Å². The van der Waals surface area contributed by atoms with Crippen molar-refractivity contribution in [2.75, 3.05) is 0 Å². The van der Waals surface area contributed by atoms with Crippen LogP contribution in [0.5, 0.6) is 0 Å². The molecule has 0 aromatic heterocycles. The number of hydrogen-bond acceptors (Lipinski definition) is 3. The zero-order valence-corrected chi connectivity index (χ0v) is 18.8. The van der Waals surface area contributed by atoms with E-state index in [-0.39, 0.29) is 3.57 Å². The minimum absolute atomic E-state index is 0.286. The molecular formula is C18H17F3I2O3. The van der Waals surface area contributed by atoms with Crippen LogP contribution in [-0.4, -0.2) is 15.6 Å². The van der Waals surface area contributed by atoms with Crippen molar-refractivity contribution >= 4 is 49.2 Å². The van der Waals surface area contributed by atoms with Gasteiger partial charge in [-0.15, -0.1) is 0 Å². The van der Waals surface area contributed by atoms with Crippen LogP contribution in [0.2, 0.25) is 0 Å². The van der Waals surface area contributed by atoms with Crippen LogP contribution >= 0.6 is 43.2 Å². The molecule has 0 bridgehead atoms. The number of aryl methyl sites for hydroxylation is 4. The fourth-order valence-corrected chi connectivity index (χ4v) is 6.71. The fourth-order valence-electron chi connectivity index (χ4n) is 2.74. The number of rotatable bonds is 3. The molecule has 1 N–H and O–H groups in total. The maximum absolute atomic E-state index is 12.5. The van der Waals surface area contributed by atoms with E-state index in [4.69, 9.17) is 0 Å². The number of carbonyl (C=O) groups is 1. The second kappa shape index (κ2) is 8.01. The number of hydrogen-bond donors (Lipinski definition) is 1. The van der Waals surface area contributed by atoms with Crippen molar-refractivity contribution in [3.63, 3.8) is 0 Å². The Bertz CT molecular complexity index is 840. The van der Waals surface area contributed by atoms with Gasteiger partial charge < -0.3 is 0 Å². The van der Waals surface area contributed by atoms with Crippen molar-refractivity contribution < 1.29 is 24.5 Å². The van der Waals surface area contributed by atoms with Gasteiger partial charge in [0.25, 0.3) is 0 Å². The van der Waals surface area contributed by atoms with E-state index in [9.17, 15) is 21.4 Å².